The largest absolute Gasteiger partial charge is 0.452 e. The summed E-state index contributed by atoms with van der Waals surface area (Å²) in [5.41, 5.74) is 6.06. The minimum atomic E-state index is 0.572. The summed E-state index contributed by atoms with van der Waals surface area (Å²) >= 11 is 0. The maximum Gasteiger partial charge on any atom is 0.180 e. The van der Waals surface area contributed by atoms with Gasteiger partial charge in [0.05, 0.1) is 6.20 Å². The quantitative estimate of drug-likeness (QED) is 0.536. The number of pyridine rings is 3. The predicted octanol–water partition coefficient (Wildman–Crippen LogP) is 2.97. The van der Waals surface area contributed by atoms with Crippen LogP contribution in [-0.2, 0) is 0 Å². The fourth-order valence-electron chi connectivity index (χ4n) is 1.46. The molecule has 22 heavy (non-hydrogen) atoms. The number of hydrogen-bond acceptors (Lipinski definition) is 6. The van der Waals surface area contributed by atoms with Crippen molar-refractivity contribution >= 4 is 16.9 Å². The number of anilines is 1. The van der Waals surface area contributed by atoms with E-state index in [-0.39, 0.29) is 0 Å². The number of rotatable bonds is 0. The van der Waals surface area contributed by atoms with Crippen molar-refractivity contribution in [3.8, 4) is 0 Å². The summed E-state index contributed by atoms with van der Waals surface area (Å²) in [6, 6.07) is 13.2. The van der Waals surface area contributed by atoms with Crippen molar-refractivity contribution < 1.29 is 4.42 Å². The van der Waals surface area contributed by atoms with Crippen LogP contribution in [0.25, 0.3) is 11.0 Å². The van der Waals surface area contributed by atoms with E-state index in [0.717, 1.165) is 11.0 Å². The molecule has 4 rings (SSSR count). The molecular formula is C16H15N5O. The van der Waals surface area contributed by atoms with Gasteiger partial charge in [-0.1, -0.05) is 6.07 Å². The van der Waals surface area contributed by atoms with Gasteiger partial charge in [0.1, 0.15) is 12.1 Å². The Balaban J connectivity index is 0.000000129. The number of aromatic nitrogens is 4. The first kappa shape index (κ1) is 15.1. The zero-order chi connectivity index (χ0) is 15.5. The Hall–Kier alpha value is -3.28. The molecule has 0 fully saturated rings. The van der Waals surface area contributed by atoms with Gasteiger partial charge in [0.15, 0.2) is 12.0 Å². The third kappa shape index (κ3) is 5.38. The molecule has 4 aromatic heterocycles. The maximum absolute atomic E-state index is 5.25. The number of hydrogen-bond donors (Lipinski definition) is 1. The standard InChI is InChI=1S/C8H6N2.C5H6N2.C3H3NO/c1-3-7-4-2-6-10-8(7)9-5-1;6-5-3-1-2-4-7-5;1-2-5-3-4-1/h1-6H;1-4H,(H2,6,7);1-3H. The van der Waals surface area contributed by atoms with Gasteiger partial charge in [-0.2, -0.15) is 0 Å². The van der Waals surface area contributed by atoms with E-state index in [1.54, 1.807) is 30.9 Å². The summed E-state index contributed by atoms with van der Waals surface area (Å²) in [4.78, 5) is 15.5. The van der Waals surface area contributed by atoms with Crippen LogP contribution in [0.3, 0.4) is 0 Å². The first-order valence-corrected chi connectivity index (χ1v) is 6.50. The van der Waals surface area contributed by atoms with E-state index in [9.17, 15) is 0 Å². The summed E-state index contributed by atoms with van der Waals surface area (Å²) in [6.07, 6.45) is 9.62. The first-order chi connectivity index (χ1) is 10.9. The van der Waals surface area contributed by atoms with Crippen molar-refractivity contribution in [2.75, 3.05) is 5.73 Å². The molecule has 0 unspecified atom stereocenters. The molecule has 0 aromatic carbocycles. The molecule has 110 valence electrons. The van der Waals surface area contributed by atoms with Gasteiger partial charge in [-0.3, -0.25) is 0 Å². The van der Waals surface area contributed by atoms with Crippen LogP contribution in [0.15, 0.2) is 84.3 Å². The number of nitrogen functional groups attached to an aromatic ring is 1. The van der Waals surface area contributed by atoms with Crippen LogP contribution in [-0.4, -0.2) is 19.9 Å². The highest BCUT2D eigenvalue weighted by Gasteiger charge is 1.88. The summed E-state index contributed by atoms with van der Waals surface area (Å²) in [5, 5.41) is 1.09. The predicted molar refractivity (Wildman–Crippen MR) is 84.7 cm³/mol. The maximum atomic E-state index is 5.25. The summed E-state index contributed by atoms with van der Waals surface area (Å²) < 4.78 is 4.47. The minimum Gasteiger partial charge on any atom is -0.452 e. The molecule has 6 nitrogen and oxygen atoms in total. The lowest BCUT2D eigenvalue weighted by molar-refractivity contribution is 0.558. The normalized spacial score (nSPS) is 9.09. The molecule has 0 spiro atoms. The van der Waals surface area contributed by atoms with Crippen LogP contribution in [0, 0.1) is 0 Å². The van der Waals surface area contributed by atoms with Gasteiger partial charge >= 0.3 is 0 Å². The SMILES string of the molecule is Nc1ccccn1.c1cnc2ncccc2c1.c1cocn1. The Labute approximate surface area is 127 Å². The highest BCUT2D eigenvalue weighted by molar-refractivity contribution is 5.73. The summed E-state index contributed by atoms with van der Waals surface area (Å²) in [7, 11) is 0. The average molecular weight is 293 g/mol. The van der Waals surface area contributed by atoms with E-state index in [4.69, 9.17) is 5.73 Å². The van der Waals surface area contributed by atoms with Crippen molar-refractivity contribution in [2.45, 2.75) is 0 Å². The van der Waals surface area contributed by atoms with Crippen molar-refractivity contribution in [2.24, 2.45) is 0 Å². The van der Waals surface area contributed by atoms with E-state index in [2.05, 4.69) is 24.4 Å². The molecule has 0 aliphatic heterocycles. The highest BCUT2D eigenvalue weighted by Crippen LogP contribution is 2.04. The topological polar surface area (TPSA) is 90.7 Å². The number of nitrogens with zero attached hydrogens (tertiary/aromatic N) is 4. The molecule has 4 aromatic rings. The van der Waals surface area contributed by atoms with E-state index < -0.39 is 0 Å². The molecule has 0 aliphatic carbocycles. The molecule has 0 saturated carbocycles. The van der Waals surface area contributed by atoms with Crippen LogP contribution in [0.2, 0.25) is 0 Å². The monoisotopic (exact) mass is 293 g/mol. The lowest BCUT2D eigenvalue weighted by Gasteiger charge is -1.90. The Morgan fingerprint density at radius 1 is 0.773 bits per heavy atom. The van der Waals surface area contributed by atoms with E-state index in [0.29, 0.717) is 5.82 Å². The minimum absolute atomic E-state index is 0.572. The zero-order valence-electron chi connectivity index (χ0n) is 11.8. The molecular weight excluding hydrogens is 278 g/mol. The average Bonchev–Trinajstić information content (AvgIpc) is 3.16. The Kier molecular flexibility index (Phi) is 6.05. The van der Waals surface area contributed by atoms with Crippen molar-refractivity contribution in [3.63, 3.8) is 0 Å². The van der Waals surface area contributed by atoms with Crippen LogP contribution >= 0.6 is 0 Å². The molecule has 0 atom stereocenters. The van der Waals surface area contributed by atoms with Crippen LogP contribution in [0.1, 0.15) is 0 Å². The molecule has 0 aliphatic rings. The molecule has 0 saturated heterocycles. The second-order valence-corrected chi connectivity index (χ2v) is 3.98. The molecule has 0 amide bonds. The highest BCUT2D eigenvalue weighted by atomic mass is 16.3. The second kappa shape index (κ2) is 8.80. The lowest BCUT2D eigenvalue weighted by Crippen LogP contribution is -1.85. The third-order valence-corrected chi connectivity index (χ3v) is 2.41. The summed E-state index contributed by atoms with van der Waals surface area (Å²) in [5.74, 6) is 0.572. The van der Waals surface area contributed by atoms with Crippen LogP contribution < -0.4 is 5.73 Å². The second-order valence-electron chi connectivity index (χ2n) is 3.98. The number of oxazole rings is 1. The van der Waals surface area contributed by atoms with Crippen molar-refractivity contribution in [1.82, 2.24) is 19.9 Å². The van der Waals surface area contributed by atoms with Gasteiger partial charge < -0.3 is 10.2 Å². The Bertz CT molecular complexity index is 677. The molecule has 0 radical (unpaired) electrons. The zero-order valence-corrected chi connectivity index (χ0v) is 11.8. The lowest BCUT2D eigenvalue weighted by atomic mass is 10.3. The van der Waals surface area contributed by atoms with E-state index in [1.807, 2.05) is 36.4 Å². The van der Waals surface area contributed by atoms with E-state index >= 15 is 0 Å². The Morgan fingerprint density at radius 2 is 1.50 bits per heavy atom. The first-order valence-electron chi connectivity index (χ1n) is 6.50. The smallest absolute Gasteiger partial charge is 0.180 e. The molecule has 6 heteroatoms. The van der Waals surface area contributed by atoms with Gasteiger partial charge in [0.2, 0.25) is 0 Å². The Morgan fingerprint density at radius 3 is 1.86 bits per heavy atom. The van der Waals surface area contributed by atoms with Crippen LogP contribution in [0.4, 0.5) is 5.82 Å². The fourth-order valence-corrected chi connectivity index (χ4v) is 1.46. The third-order valence-electron chi connectivity index (χ3n) is 2.41. The fraction of sp³-hybridized carbons (Fsp3) is 0. The van der Waals surface area contributed by atoms with Gasteiger partial charge in [-0.15, -0.1) is 0 Å². The van der Waals surface area contributed by atoms with Gasteiger partial charge in [0.25, 0.3) is 0 Å². The number of nitrogens with two attached hydrogens (primary N) is 1. The number of fused-ring (bicyclic) bond motifs is 1. The van der Waals surface area contributed by atoms with Gasteiger partial charge in [0, 0.05) is 24.0 Å². The molecule has 0 bridgehead atoms. The summed E-state index contributed by atoms with van der Waals surface area (Å²) in [6.45, 7) is 0. The van der Waals surface area contributed by atoms with Gasteiger partial charge in [-0.25, -0.2) is 19.9 Å². The van der Waals surface area contributed by atoms with E-state index in [1.165, 1.54) is 12.7 Å². The molecule has 2 N–H and O–H groups in total. The van der Waals surface area contributed by atoms with Crippen molar-refractivity contribution in [1.29, 1.82) is 0 Å². The van der Waals surface area contributed by atoms with Gasteiger partial charge in [-0.05, 0) is 36.4 Å². The molecule has 4 heterocycles. The van der Waals surface area contributed by atoms with Crippen LogP contribution in [0.5, 0.6) is 0 Å². The van der Waals surface area contributed by atoms with Crippen molar-refractivity contribution in [3.05, 3.63) is 79.9 Å².